The predicted molar refractivity (Wildman–Crippen MR) is 96.6 cm³/mol. The first-order chi connectivity index (χ1) is 12.6. The Kier molecular flexibility index (Phi) is 5.24. The summed E-state index contributed by atoms with van der Waals surface area (Å²) in [4.78, 5) is 23.8. The van der Waals surface area contributed by atoms with Gasteiger partial charge in [-0.1, -0.05) is 18.2 Å². The smallest absolute Gasteiger partial charge is 0.314 e. The summed E-state index contributed by atoms with van der Waals surface area (Å²) in [5, 5.41) is 4.87. The van der Waals surface area contributed by atoms with Crippen LogP contribution in [0.5, 0.6) is 11.5 Å². The van der Waals surface area contributed by atoms with Crippen molar-refractivity contribution in [1.29, 1.82) is 0 Å². The van der Waals surface area contributed by atoms with E-state index in [4.69, 9.17) is 4.74 Å². The Hall–Kier alpha value is -3.67. The number of carbonyl (C=O) groups excluding carboxylic acids is 2. The Morgan fingerprint density at radius 2 is 1.12 bits per heavy atom. The number of para-hydroxylation sites is 1. The van der Waals surface area contributed by atoms with E-state index < -0.39 is 17.6 Å². The Balaban J connectivity index is 1.57. The first-order valence-corrected chi connectivity index (χ1v) is 7.81. The van der Waals surface area contributed by atoms with E-state index in [1.807, 2.05) is 30.3 Å². The standard InChI is InChI=1S/C20H15FN2O3/c21-14-6-8-15(9-7-14)22-19(24)20(25)23-16-10-12-18(13-11-16)26-17-4-2-1-3-5-17/h1-13H,(H,22,24)(H,23,25). The molecule has 26 heavy (non-hydrogen) atoms. The molecule has 0 unspecified atom stereocenters. The summed E-state index contributed by atoms with van der Waals surface area (Å²) in [7, 11) is 0. The summed E-state index contributed by atoms with van der Waals surface area (Å²) >= 11 is 0. The molecule has 3 aromatic rings. The van der Waals surface area contributed by atoms with Crippen molar-refractivity contribution in [2.24, 2.45) is 0 Å². The molecule has 0 aliphatic carbocycles. The molecule has 0 atom stereocenters. The summed E-state index contributed by atoms with van der Waals surface area (Å²) in [6.07, 6.45) is 0. The molecule has 0 aliphatic rings. The van der Waals surface area contributed by atoms with Crippen molar-refractivity contribution in [3.63, 3.8) is 0 Å². The average Bonchev–Trinajstić information content (AvgIpc) is 2.66. The molecule has 0 saturated carbocycles. The fourth-order valence-corrected chi connectivity index (χ4v) is 2.14. The lowest BCUT2D eigenvalue weighted by Crippen LogP contribution is -2.29. The molecular weight excluding hydrogens is 335 g/mol. The molecule has 3 aromatic carbocycles. The molecule has 0 aromatic heterocycles. The molecule has 3 rings (SSSR count). The largest absolute Gasteiger partial charge is 0.457 e. The van der Waals surface area contributed by atoms with Crippen LogP contribution in [0.15, 0.2) is 78.9 Å². The van der Waals surface area contributed by atoms with E-state index in [1.54, 1.807) is 24.3 Å². The van der Waals surface area contributed by atoms with Gasteiger partial charge in [0.2, 0.25) is 0 Å². The minimum atomic E-state index is -0.846. The zero-order valence-corrected chi connectivity index (χ0v) is 13.6. The molecule has 130 valence electrons. The third kappa shape index (κ3) is 4.67. The monoisotopic (exact) mass is 350 g/mol. The Morgan fingerprint density at radius 3 is 1.65 bits per heavy atom. The van der Waals surface area contributed by atoms with Gasteiger partial charge in [-0.3, -0.25) is 9.59 Å². The molecule has 0 radical (unpaired) electrons. The SMILES string of the molecule is O=C(Nc1ccc(F)cc1)C(=O)Nc1ccc(Oc2ccccc2)cc1. The normalized spacial score (nSPS) is 10.0. The van der Waals surface area contributed by atoms with E-state index in [-0.39, 0.29) is 0 Å². The van der Waals surface area contributed by atoms with Crippen LogP contribution in [0.3, 0.4) is 0 Å². The Labute approximate surface area is 149 Å². The number of hydrogen-bond donors (Lipinski definition) is 2. The number of anilines is 2. The quantitative estimate of drug-likeness (QED) is 0.693. The van der Waals surface area contributed by atoms with E-state index in [2.05, 4.69) is 10.6 Å². The number of halogens is 1. The molecule has 2 amide bonds. The molecule has 0 fully saturated rings. The molecule has 2 N–H and O–H groups in total. The maximum atomic E-state index is 12.8. The number of hydrogen-bond acceptors (Lipinski definition) is 3. The second-order valence-corrected chi connectivity index (χ2v) is 5.35. The highest BCUT2D eigenvalue weighted by atomic mass is 19.1. The fourth-order valence-electron chi connectivity index (χ4n) is 2.14. The number of amides is 2. The second-order valence-electron chi connectivity index (χ2n) is 5.35. The number of nitrogens with one attached hydrogen (secondary N) is 2. The zero-order chi connectivity index (χ0) is 18.4. The molecule has 5 nitrogen and oxygen atoms in total. The van der Waals surface area contributed by atoms with Crippen LogP contribution in [0.1, 0.15) is 0 Å². The second kappa shape index (κ2) is 7.94. The van der Waals surface area contributed by atoms with Gasteiger partial charge in [0.05, 0.1) is 0 Å². The zero-order valence-electron chi connectivity index (χ0n) is 13.6. The van der Waals surface area contributed by atoms with Crippen LogP contribution in [-0.4, -0.2) is 11.8 Å². The van der Waals surface area contributed by atoms with Crippen molar-refractivity contribution in [1.82, 2.24) is 0 Å². The third-order valence-corrected chi connectivity index (χ3v) is 3.40. The van der Waals surface area contributed by atoms with Gasteiger partial charge in [0.25, 0.3) is 0 Å². The number of carbonyl (C=O) groups is 2. The van der Waals surface area contributed by atoms with Gasteiger partial charge >= 0.3 is 11.8 Å². The summed E-state index contributed by atoms with van der Waals surface area (Å²) in [5.74, 6) is -0.801. The lowest BCUT2D eigenvalue weighted by molar-refractivity contribution is -0.132. The van der Waals surface area contributed by atoms with Crippen molar-refractivity contribution in [3.8, 4) is 11.5 Å². The van der Waals surface area contributed by atoms with Crippen LogP contribution in [0.2, 0.25) is 0 Å². The summed E-state index contributed by atoms with van der Waals surface area (Å²) < 4.78 is 18.5. The Bertz CT molecular complexity index is 895. The van der Waals surface area contributed by atoms with Crippen molar-refractivity contribution in [3.05, 3.63) is 84.7 Å². The van der Waals surface area contributed by atoms with Crippen molar-refractivity contribution in [2.75, 3.05) is 10.6 Å². The van der Waals surface area contributed by atoms with E-state index in [9.17, 15) is 14.0 Å². The Morgan fingerprint density at radius 1 is 0.654 bits per heavy atom. The van der Waals surface area contributed by atoms with E-state index in [0.29, 0.717) is 22.9 Å². The van der Waals surface area contributed by atoms with Crippen LogP contribution in [0, 0.1) is 5.82 Å². The van der Waals surface area contributed by atoms with Crippen LogP contribution in [0.4, 0.5) is 15.8 Å². The third-order valence-electron chi connectivity index (χ3n) is 3.40. The lowest BCUT2D eigenvalue weighted by atomic mass is 10.3. The van der Waals surface area contributed by atoms with E-state index in [0.717, 1.165) is 0 Å². The van der Waals surface area contributed by atoms with Gasteiger partial charge in [0.15, 0.2) is 0 Å². The van der Waals surface area contributed by atoms with Gasteiger partial charge in [-0.2, -0.15) is 0 Å². The summed E-state index contributed by atoms with van der Waals surface area (Å²) in [5.41, 5.74) is 0.780. The first kappa shape index (κ1) is 17.2. The average molecular weight is 350 g/mol. The molecule has 0 saturated heterocycles. The molecule has 6 heteroatoms. The maximum Gasteiger partial charge on any atom is 0.314 e. The van der Waals surface area contributed by atoms with E-state index >= 15 is 0 Å². The van der Waals surface area contributed by atoms with Gasteiger partial charge in [-0.25, -0.2) is 4.39 Å². The van der Waals surface area contributed by atoms with Crippen LogP contribution in [-0.2, 0) is 9.59 Å². The molecule has 0 aliphatic heterocycles. The fraction of sp³-hybridized carbons (Fsp3) is 0. The maximum absolute atomic E-state index is 12.8. The molecule has 0 heterocycles. The number of ether oxygens (including phenoxy) is 1. The number of benzene rings is 3. The van der Waals surface area contributed by atoms with Gasteiger partial charge in [0, 0.05) is 11.4 Å². The highest BCUT2D eigenvalue weighted by Gasteiger charge is 2.14. The topological polar surface area (TPSA) is 67.4 Å². The van der Waals surface area contributed by atoms with Crippen LogP contribution in [0.25, 0.3) is 0 Å². The lowest BCUT2D eigenvalue weighted by Gasteiger charge is -2.08. The van der Waals surface area contributed by atoms with E-state index in [1.165, 1.54) is 24.3 Å². The molecule has 0 spiro atoms. The van der Waals surface area contributed by atoms with Crippen molar-refractivity contribution < 1.29 is 18.7 Å². The molecular formula is C20H15FN2O3. The summed E-state index contributed by atoms with van der Waals surface area (Å²) in [6, 6.07) is 21.0. The highest BCUT2D eigenvalue weighted by Crippen LogP contribution is 2.22. The van der Waals surface area contributed by atoms with Gasteiger partial charge in [-0.15, -0.1) is 0 Å². The van der Waals surface area contributed by atoms with Gasteiger partial charge in [0.1, 0.15) is 17.3 Å². The first-order valence-electron chi connectivity index (χ1n) is 7.81. The van der Waals surface area contributed by atoms with Crippen LogP contribution >= 0.6 is 0 Å². The van der Waals surface area contributed by atoms with Crippen molar-refractivity contribution in [2.45, 2.75) is 0 Å². The minimum Gasteiger partial charge on any atom is -0.457 e. The highest BCUT2D eigenvalue weighted by molar-refractivity contribution is 6.43. The van der Waals surface area contributed by atoms with Crippen LogP contribution < -0.4 is 15.4 Å². The predicted octanol–water partition coefficient (Wildman–Crippen LogP) is 4.20. The number of rotatable bonds is 4. The van der Waals surface area contributed by atoms with Gasteiger partial charge in [-0.05, 0) is 60.7 Å². The summed E-state index contributed by atoms with van der Waals surface area (Å²) in [6.45, 7) is 0. The molecule has 0 bridgehead atoms. The van der Waals surface area contributed by atoms with Crippen molar-refractivity contribution >= 4 is 23.2 Å². The van der Waals surface area contributed by atoms with Gasteiger partial charge < -0.3 is 15.4 Å². The minimum absolute atomic E-state index is 0.332.